The number of rotatable bonds is 7. The van der Waals surface area contributed by atoms with Crippen LogP contribution >= 0.6 is 11.3 Å². The molecular formula is C11H17N3O3S2. The topological polar surface area (TPSA) is 89.0 Å². The smallest absolute Gasteiger partial charge is 0.282 e. The lowest BCUT2D eigenvalue weighted by Crippen LogP contribution is -2.25. The number of carbonyl (C=O) groups is 1. The number of hydrogen-bond acceptors (Lipinski definition) is 6. The van der Waals surface area contributed by atoms with Crippen molar-refractivity contribution in [2.24, 2.45) is 0 Å². The fraction of sp³-hybridized carbons (Fsp3) is 0.727. The zero-order valence-corrected chi connectivity index (χ0v) is 12.4. The summed E-state index contributed by atoms with van der Waals surface area (Å²) < 4.78 is 23.9. The molecule has 1 heterocycles. The Labute approximate surface area is 116 Å². The van der Waals surface area contributed by atoms with Crippen LogP contribution in [0.2, 0.25) is 0 Å². The minimum Gasteiger partial charge on any atom is -0.347 e. The van der Waals surface area contributed by atoms with Gasteiger partial charge in [-0.2, -0.15) is 0 Å². The normalized spacial score (nSPS) is 15.4. The highest BCUT2D eigenvalue weighted by atomic mass is 32.2. The summed E-state index contributed by atoms with van der Waals surface area (Å²) in [6, 6.07) is 0.223. The molecule has 0 spiro atoms. The third kappa shape index (κ3) is 3.97. The molecule has 0 unspecified atom stereocenters. The molecule has 1 aromatic rings. The van der Waals surface area contributed by atoms with Crippen LogP contribution in [-0.4, -0.2) is 36.3 Å². The summed E-state index contributed by atoms with van der Waals surface area (Å²) >= 11 is 0.854. The standard InChI is InChI=1S/C11H17N3O3S2/c1-2-3-4-7-19(16,17)11-14-13-10(18-11)9(15)12-8-5-6-8/h8H,2-7H2,1H3,(H,12,15). The van der Waals surface area contributed by atoms with E-state index in [1.165, 1.54) is 0 Å². The first-order chi connectivity index (χ1) is 9.03. The summed E-state index contributed by atoms with van der Waals surface area (Å²) in [5.74, 6) is -0.255. The first-order valence-corrected chi connectivity index (χ1v) is 8.87. The number of amides is 1. The first-order valence-electron chi connectivity index (χ1n) is 6.40. The predicted molar refractivity (Wildman–Crippen MR) is 72.0 cm³/mol. The number of sulfone groups is 1. The van der Waals surface area contributed by atoms with Crippen LogP contribution in [0.3, 0.4) is 0 Å². The van der Waals surface area contributed by atoms with Crippen LogP contribution in [0.4, 0.5) is 0 Å². The van der Waals surface area contributed by atoms with Gasteiger partial charge in [-0.3, -0.25) is 4.79 Å². The van der Waals surface area contributed by atoms with Gasteiger partial charge in [-0.25, -0.2) is 8.42 Å². The summed E-state index contributed by atoms with van der Waals surface area (Å²) in [4.78, 5) is 11.7. The summed E-state index contributed by atoms with van der Waals surface area (Å²) in [7, 11) is -3.39. The molecule has 1 fully saturated rings. The molecule has 0 atom stereocenters. The molecule has 1 aliphatic carbocycles. The van der Waals surface area contributed by atoms with Crippen molar-refractivity contribution >= 4 is 27.1 Å². The Hall–Kier alpha value is -1.02. The molecule has 1 saturated carbocycles. The molecule has 0 aliphatic heterocycles. The number of aromatic nitrogens is 2. The van der Waals surface area contributed by atoms with E-state index in [2.05, 4.69) is 15.5 Å². The Morgan fingerprint density at radius 1 is 1.37 bits per heavy atom. The predicted octanol–water partition coefficient (Wildman–Crippen LogP) is 1.39. The van der Waals surface area contributed by atoms with Crippen molar-refractivity contribution in [2.45, 2.75) is 49.4 Å². The van der Waals surface area contributed by atoms with Gasteiger partial charge in [0.15, 0.2) is 0 Å². The van der Waals surface area contributed by atoms with Crippen molar-refractivity contribution in [3.63, 3.8) is 0 Å². The van der Waals surface area contributed by atoms with Crippen molar-refractivity contribution in [3.05, 3.63) is 5.01 Å². The zero-order chi connectivity index (χ0) is 13.9. The maximum atomic E-state index is 12.0. The zero-order valence-electron chi connectivity index (χ0n) is 10.8. The molecule has 19 heavy (non-hydrogen) atoms. The molecular weight excluding hydrogens is 286 g/mol. The molecule has 1 aliphatic rings. The molecule has 1 amide bonds. The third-order valence-corrected chi connectivity index (χ3v) is 5.96. The third-order valence-electron chi connectivity index (χ3n) is 2.80. The van der Waals surface area contributed by atoms with E-state index in [0.29, 0.717) is 6.42 Å². The molecule has 0 bridgehead atoms. The second kappa shape index (κ2) is 5.96. The average Bonchev–Trinajstić information content (AvgIpc) is 3.02. The van der Waals surface area contributed by atoms with E-state index in [4.69, 9.17) is 0 Å². The van der Waals surface area contributed by atoms with Crippen molar-refractivity contribution < 1.29 is 13.2 Å². The summed E-state index contributed by atoms with van der Waals surface area (Å²) in [5.41, 5.74) is 0. The second-order valence-electron chi connectivity index (χ2n) is 4.65. The highest BCUT2D eigenvalue weighted by molar-refractivity contribution is 7.93. The van der Waals surface area contributed by atoms with Crippen LogP contribution in [0.25, 0.3) is 0 Å². The maximum absolute atomic E-state index is 12.0. The van der Waals surface area contributed by atoms with Gasteiger partial charge in [-0.1, -0.05) is 31.1 Å². The van der Waals surface area contributed by atoms with Crippen LogP contribution in [0.5, 0.6) is 0 Å². The second-order valence-corrected chi connectivity index (χ2v) is 7.91. The van der Waals surface area contributed by atoms with E-state index >= 15 is 0 Å². The summed E-state index contributed by atoms with van der Waals surface area (Å²) in [6.45, 7) is 2.01. The van der Waals surface area contributed by atoms with Gasteiger partial charge in [0.25, 0.3) is 5.91 Å². The monoisotopic (exact) mass is 303 g/mol. The number of hydrogen-bond donors (Lipinski definition) is 1. The van der Waals surface area contributed by atoms with E-state index in [9.17, 15) is 13.2 Å². The Morgan fingerprint density at radius 2 is 2.11 bits per heavy atom. The molecule has 106 valence electrons. The van der Waals surface area contributed by atoms with Gasteiger partial charge in [0.2, 0.25) is 19.2 Å². The Balaban J connectivity index is 2.00. The van der Waals surface area contributed by atoms with E-state index in [-0.39, 0.29) is 27.0 Å². The van der Waals surface area contributed by atoms with Crippen molar-refractivity contribution in [3.8, 4) is 0 Å². The number of carbonyl (C=O) groups excluding carboxylic acids is 1. The quantitative estimate of drug-likeness (QED) is 0.769. The fourth-order valence-electron chi connectivity index (χ4n) is 1.53. The highest BCUT2D eigenvalue weighted by Gasteiger charge is 2.27. The summed E-state index contributed by atoms with van der Waals surface area (Å²) in [6.07, 6.45) is 4.40. The van der Waals surface area contributed by atoms with Gasteiger partial charge in [-0.15, -0.1) is 10.2 Å². The lowest BCUT2D eigenvalue weighted by molar-refractivity contribution is 0.0950. The van der Waals surface area contributed by atoms with E-state index in [1.807, 2.05) is 6.92 Å². The molecule has 0 saturated heterocycles. The average molecular weight is 303 g/mol. The molecule has 6 nitrogen and oxygen atoms in total. The van der Waals surface area contributed by atoms with E-state index < -0.39 is 9.84 Å². The van der Waals surface area contributed by atoms with E-state index in [0.717, 1.165) is 37.0 Å². The summed E-state index contributed by atoms with van der Waals surface area (Å²) in [5, 5.41) is 10.2. The van der Waals surface area contributed by atoms with Crippen molar-refractivity contribution in [1.82, 2.24) is 15.5 Å². The molecule has 2 rings (SSSR count). The van der Waals surface area contributed by atoms with Crippen LogP contribution in [0.15, 0.2) is 4.34 Å². The lowest BCUT2D eigenvalue weighted by atomic mass is 10.3. The Morgan fingerprint density at radius 3 is 2.74 bits per heavy atom. The van der Waals surface area contributed by atoms with Gasteiger partial charge >= 0.3 is 0 Å². The van der Waals surface area contributed by atoms with Gasteiger partial charge in [0, 0.05) is 6.04 Å². The number of nitrogens with zero attached hydrogens (tertiary/aromatic N) is 2. The lowest BCUT2D eigenvalue weighted by Gasteiger charge is -1.98. The highest BCUT2D eigenvalue weighted by Crippen LogP contribution is 2.22. The largest absolute Gasteiger partial charge is 0.347 e. The van der Waals surface area contributed by atoms with Gasteiger partial charge in [0.05, 0.1) is 5.75 Å². The minimum atomic E-state index is -3.39. The Bertz CT molecular complexity index is 549. The van der Waals surface area contributed by atoms with Crippen molar-refractivity contribution in [2.75, 3.05) is 5.75 Å². The van der Waals surface area contributed by atoms with Crippen LogP contribution in [0, 0.1) is 0 Å². The fourth-order valence-corrected chi connectivity index (χ4v) is 3.93. The molecule has 1 N–H and O–H groups in total. The maximum Gasteiger partial charge on any atom is 0.282 e. The van der Waals surface area contributed by atoms with Crippen molar-refractivity contribution in [1.29, 1.82) is 0 Å². The van der Waals surface area contributed by atoms with E-state index in [1.54, 1.807) is 0 Å². The number of nitrogens with one attached hydrogen (secondary N) is 1. The molecule has 1 aromatic heterocycles. The molecule has 0 radical (unpaired) electrons. The molecule has 8 heteroatoms. The van der Waals surface area contributed by atoms with Gasteiger partial charge in [0.1, 0.15) is 0 Å². The Kier molecular flexibility index (Phi) is 4.51. The van der Waals surface area contributed by atoms with Crippen LogP contribution in [-0.2, 0) is 9.84 Å². The minimum absolute atomic E-state index is 0.0513. The number of unbranched alkanes of at least 4 members (excludes halogenated alkanes) is 2. The van der Waals surface area contributed by atoms with Crippen LogP contribution < -0.4 is 5.32 Å². The van der Waals surface area contributed by atoms with Gasteiger partial charge in [-0.05, 0) is 19.3 Å². The van der Waals surface area contributed by atoms with Gasteiger partial charge < -0.3 is 5.32 Å². The first kappa shape index (κ1) is 14.4. The molecule has 0 aromatic carbocycles. The van der Waals surface area contributed by atoms with Crippen LogP contribution in [0.1, 0.15) is 48.8 Å². The SMILES string of the molecule is CCCCCS(=O)(=O)c1nnc(C(=O)NC2CC2)s1.